The van der Waals surface area contributed by atoms with Crippen molar-refractivity contribution < 1.29 is 9.59 Å². The Morgan fingerprint density at radius 3 is 2.65 bits per heavy atom. The summed E-state index contributed by atoms with van der Waals surface area (Å²) in [6.07, 6.45) is 2.98. The van der Waals surface area contributed by atoms with Crippen LogP contribution in [0.1, 0.15) is 49.0 Å². The number of aryl methyl sites for hydroxylation is 1. The standard InChI is InChI=1S/C17H25N3O2.ClH/c1-4-18-15(21)13-8-7-12(2)14(11-13)20-16(22)17(3)9-5-6-10-19-17;/h7-8,11,19H,4-6,9-10H2,1-3H3,(H,18,21)(H,20,22);1H. The number of benzene rings is 1. The Bertz CT molecular complexity index is 569. The number of anilines is 1. The summed E-state index contributed by atoms with van der Waals surface area (Å²) in [7, 11) is 0. The topological polar surface area (TPSA) is 70.2 Å². The molecule has 1 unspecified atom stereocenters. The molecular weight excluding hydrogens is 314 g/mol. The molecule has 1 aliphatic heterocycles. The molecule has 1 fully saturated rings. The Labute approximate surface area is 144 Å². The number of hydrogen-bond donors (Lipinski definition) is 3. The Balaban J connectivity index is 0.00000264. The highest BCUT2D eigenvalue weighted by Gasteiger charge is 2.34. The van der Waals surface area contributed by atoms with Crippen molar-refractivity contribution in [3.63, 3.8) is 0 Å². The maximum atomic E-state index is 12.6. The van der Waals surface area contributed by atoms with Crippen LogP contribution in [0.3, 0.4) is 0 Å². The zero-order chi connectivity index (χ0) is 16.2. The van der Waals surface area contributed by atoms with Gasteiger partial charge in [0, 0.05) is 17.8 Å². The number of halogens is 1. The fourth-order valence-electron chi connectivity index (χ4n) is 2.67. The van der Waals surface area contributed by atoms with E-state index in [0.717, 1.165) is 31.4 Å². The van der Waals surface area contributed by atoms with Gasteiger partial charge < -0.3 is 16.0 Å². The van der Waals surface area contributed by atoms with E-state index in [0.29, 0.717) is 17.8 Å². The van der Waals surface area contributed by atoms with E-state index in [1.807, 2.05) is 26.8 Å². The summed E-state index contributed by atoms with van der Waals surface area (Å²) in [6.45, 7) is 7.18. The fourth-order valence-corrected chi connectivity index (χ4v) is 2.67. The normalized spacial score (nSPS) is 20.3. The second-order valence-corrected chi connectivity index (χ2v) is 6.06. The van der Waals surface area contributed by atoms with Crippen LogP contribution in [0.5, 0.6) is 0 Å². The minimum absolute atomic E-state index is 0. The smallest absolute Gasteiger partial charge is 0.251 e. The molecule has 3 N–H and O–H groups in total. The van der Waals surface area contributed by atoms with Gasteiger partial charge in [-0.2, -0.15) is 0 Å². The van der Waals surface area contributed by atoms with Crippen molar-refractivity contribution >= 4 is 29.9 Å². The Kier molecular flexibility index (Phi) is 7.03. The van der Waals surface area contributed by atoms with Crippen LogP contribution < -0.4 is 16.0 Å². The number of piperidine rings is 1. The second-order valence-electron chi connectivity index (χ2n) is 6.06. The van der Waals surface area contributed by atoms with Crippen molar-refractivity contribution in [1.29, 1.82) is 0 Å². The van der Waals surface area contributed by atoms with E-state index in [4.69, 9.17) is 0 Å². The molecule has 1 aromatic carbocycles. The first kappa shape index (κ1) is 19.5. The number of carbonyl (C=O) groups excluding carboxylic acids is 2. The molecule has 0 saturated carbocycles. The van der Waals surface area contributed by atoms with Gasteiger partial charge >= 0.3 is 0 Å². The van der Waals surface area contributed by atoms with Crippen LogP contribution in [0.25, 0.3) is 0 Å². The van der Waals surface area contributed by atoms with Crippen molar-refractivity contribution in [2.75, 3.05) is 18.4 Å². The maximum Gasteiger partial charge on any atom is 0.251 e. The number of rotatable bonds is 4. The van der Waals surface area contributed by atoms with Gasteiger partial charge in [0.1, 0.15) is 0 Å². The van der Waals surface area contributed by atoms with Crippen molar-refractivity contribution in [2.45, 2.75) is 45.6 Å². The highest BCUT2D eigenvalue weighted by atomic mass is 35.5. The lowest BCUT2D eigenvalue weighted by atomic mass is 9.90. The Morgan fingerprint density at radius 2 is 2.04 bits per heavy atom. The van der Waals surface area contributed by atoms with Gasteiger partial charge in [-0.3, -0.25) is 9.59 Å². The van der Waals surface area contributed by atoms with Crippen LogP contribution in [-0.4, -0.2) is 30.4 Å². The molecule has 0 bridgehead atoms. The second kappa shape index (κ2) is 8.31. The predicted molar refractivity (Wildman–Crippen MR) is 95.3 cm³/mol. The van der Waals surface area contributed by atoms with Gasteiger partial charge in [0.05, 0.1) is 5.54 Å². The molecule has 1 aliphatic rings. The molecule has 128 valence electrons. The zero-order valence-corrected chi connectivity index (χ0v) is 14.8. The molecule has 1 heterocycles. The van der Waals surface area contributed by atoms with Gasteiger partial charge in [0.2, 0.25) is 5.91 Å². The molecule has 2 amide bonds. The molecule has 0 radical (unpaired) electrons. The summed E-state index contributed by atoms with van der Waals surface area (Å²) in [4.78, 5) is 24.5. The Morgan fingerprint density at radius 1 is 1.30 bits per heavy atom. The molecule has 0 spiro atoms. The summed E-state index contributed by atoms with van der Waals surface area (Å²) in [6, 6.07) is 5.37. The first-order valence-corrected chi connectivity index (χ1v) is 7.91. The van der Waals surface area contributed by atoms with E-state index in [9.17, 15) is 9.59 Å². The number of amides is 2. The first-order chi connectivity index (χ1) is 10.5. The number of nitrogens with one attached hydrogen (secondary N) is 3. The minimum atomic E-state index is -0.535. The predicted octanol–water partition coefficient (Wildman–Crippen LogP) is 2.64. The molecule has 5 nitrogen and oxygen atoms in total. The molecule has 2 rings (SSSR count). The average molecular weight is 340 g/mol. The lowest BCUT2D eigenvalue weighted by Crippen LogP contribution is -2.54. The van der Waals surface area contributed by atoms with Crippen LogP contribution in [0.2, 0.25) is 0 Å². The SMILES string of the molecule is CCNC(=O)c1ccc(C)c(NC(=O)C2(C)CCCCN2)c1.Cl. The number of hydrogen-bond acceptors (Lipinski definition) is 3. The maximum absolute atomic E-state index is 12.6. The third-order valence-electron chi connectivity index (χ3n) is 4.21. The molecule has 0 aliphatic carbocycles. The summed E-state index contributed by atoms with van der Waals surface area (Å²) in [5.74, 6) is -0.164. The van der Waals surface area contributed by atoms with E-state index < -0.39 is 5.54 Å². The van der Waals surface area contributed by atoms with Crippen molar-refractivity contribution in [1.82, 2.24) is 10.6 Å². The van der Waals surface area contributed by atoms with Gasteiger partial charge in [-0.05, 0) is 64.3 Å². The van der Waals surface area contributed by atoms with Crippen molar-refractivity contribution in [2.24, 2.45) is 0 Å². The average Bonchev–Trinajstić information content (AvgIpc) is 2.50. The Hall–Kier alpha value is -1.59. The summed E-state index contributed by atoms with van der Waals surface area (Å²) >= 11 is 0. The van der Waals surface area contributed by atoms with E-state index in [-0.39, 0.29) is 24.2 Å². The van der Waals surface area contributed by atoms with E-state index in [1.54, 1.807) is 12.1 Å². The van der Waals surface area contributed by atoms with E-state index in [1.165, 1.54) is 0 Å². The molecule has 23 heavy (non-hydrogen) atoms. The third-order valence-corrected chi connectivity index (χ3v) is 4.21. The molecule has 1 aromatic rings. The van der Waals surface area contributed by atoms with Crippen molar-refractivity contribution in [3.05, 3.63) is 29.3 Å². The van der Waals surface area contributed by atoms with Gasteiger partial charge in [-0.25, -0.2) is 0 Å². The van der Waals surface area contributed by atoms with Crippen LogP contribution in [0.4, 0.5) is 5.69 Å². The van der Waals surface area contributed by atoms with Crippen molar-refractivity contribution in [3.8, 4) is 0 Å². The fraction of sp³-hybridized carbons (Fsp3) is 0.529. The molecule has 6 heteroatoms. The van der Waals surface area contributed by atoms with Gasteiger partial charge in [-0.1, -0.05) is 6.07 Å². The molecule has 0 aromatic heterocycles. The quantitative estimate of drug-likeness (QED) is 0.789. The lowest BCUT2D eigenvalue weighted by Gasteiger charge is -2.33. The van der Waals surface area contributed by atoms with Gasteiger partial charge in [0.25, 0.3) is 5.91 Å². The molecule has 1 saturated heterocycles. The number of carbonyl (C=O) groups is 2. The van der Waals surface area contributed by atoms with Crippen LogP contribution in [-0.2, 0) is 4.79 Å². The van der Waals surface area contributed by atoms with Gasteiger partial charge in [0.15, 0.2) is 0 Å². The largest absolute Gasteiger partial charge is 0.352 e. The molecular formula is C17H26ClN3O2. The third kappa shape index (κ3) is 4.69. The highest BCUT2D eigenvalue weighted by molar-refractivity contribution is 6.00. The first-order valence-electron chi connectivity index (χ1n) is 7.91. The molecule has 1 atom stereocenters. The monoisotopic (exact) mass is 339 g/mol. The lowest BCUT2D eigenvalue weighted by molar-refractivity contribution is -0.122. The summed E-state index contributed by atoms with van der Waals surface area (Å²) < 4.78 is 0. The minimum Gasteiger partial charge on any atom is -0.352 e. The van der Waals surface area contributed by atoms with E-state index in [2.05, 4.69) is 16.0 Å². The van der Waals surface area contributed by atoms with E-state index >= 15 is 0 Å². The highest BCUT2D eigenvalue weighted by Crippen LogP contribution is 2.23. The van der Waals surface area contributed by atoms with Crippen LogP contribution in [0.15, 0.2) is 18.2 Å². The summed E-state index contributed by atoms with van der Waals surface area (Å²) in [5, 5.41) is 9.05. The van der Waals surface area contributed by atoms with Crippen LogP contribution in [0, 0.1) is 6.92 Å². The van der Waals surface area contributed by atoms with Gasteiger partial charge in [-0.15, -0.1) is 12.4 Å². The zero-order valence-electron chi connectivity index (χ0n) is 14.0. The van der Waals surface area contributed by atoms with Crippen LogP contribution >= 0.6 is 12.4 Å². The summed E-state index contributed by atoms with van der Waals surface area (Å²) in [5.41, 5.74) is 1.67.